The van der Waals surface area contributed by atoms with Gasteiger partial charge in [-0.2, -0.15) is 0 Å². The SMILES string of the molecule is Cc1ccc(N(C)C(=O)C(C)(C)O)cc1. The zero-order valence-electron chi connectivity index (χ0n) is 9.61. The van der Waals surface area contributed by atoms with Crippen LogP contribution in [0.4, 0.5) is 5.69 Å². The minimum Gasteiger partial charge on any atom is -0.381 e. The van der Waals surface area contributed by atoms with E-state index in [1.807, 2.05) is 31.2 Å². The third-order valence-electron chi connectivity index (χ3n) is 2.25. The van der Waals surface area contributed by atoms with Gasteiger partial charge in [-0.15, -0.1) is 0 Å². The van der Waals surface area contributed by atoms with Gasteiger partial charge in [0, 0.05) is 12.7 Å². The predicted molar refractivity (Wildman–Crippen MR) is 60.9 cm³/mol. The van der Waals surface area contributed by atoms with Gasteiger partial charge in [-0.25, -0.2) is 0 Å². The largest absolute Gasteiger partial charge is 0.381 e. The third-order valence-corrected chi connectivity index (χ3v) is 2.25. The molecule has 3 nitrogen and oxygen atoms in total. The quantitative estimate of drug-likeness (QED) is 0.802. The second-order valence-electron chi connectivity index (χ2n) is 4.26. The molecule has 1 N–H and O–H groups in total. The molecular weight excluding hydrogens is 190 g/mol. The monoisotopic (exact) mass is 207 g/mol. The van der Waals surface area contributed by atoms with Gasteiger partial charge in [0.05, 0.1) is 0 Å². The smallest absolute Gasteiger partial charge is 0.258 e. The molecule has 0 fully saturated rings. The van der Waals surface area contributed by atoms with Crippen LogP contribution >= 0.6 is 0 Å². The Morgan fingerprint density at radius 3 is 2.13 bits per heavy atom. The molecule has 0 atom stereocenters. The number of aryl methyl sites for hydroxylation is 1. The lowest BCUT2D eigenvalue weighted by atomic mass is 10.1. The number of aliphatic hydroxyl groups is 1. The van der Waals surface area contributed by atoms with Gasteiger partial charge in [0.15, 0.2) is 0 Å². The highest BCUT2D eigenvalue weighted by atomic mass is 16.3. The zero-order chi connectivity index (χ0) is 11.6. The summed E-state index contributed by atoms with van der Waals surface area (Å²) in [7, 11) is 1.66. The number of amides is 1. The lowest BCUT2D eigenvalue weighted by molar-refractivity contribution is -0.133. The van der Waals surface area contributed by atoms with E-state index in [1.165, 1.54) is 18.7 Å². The Morgan fingerprint density at radius 1 is 1.27 bits per heavy atom. The number of hydrogen-bond donors (Lipinski definition) is 1. The van der Waals surface area contributed by atoms with Gasteiger partial charge in [-0.05, 0) is 32.9 Å². The molecule has 3 heteroatoms. The maximum Gasteiger partial charge on any atom is 0.258 e. The molecule has 0 saturated carbocycles. The van der Waals surface area contributed by atoms with Gasteiger partial charge in [0.2, 0.25) is 0 Å². The molecule has 0 saturated heterocycles. The molecule has 1 rings (SSSR count). The first kappa shape index (κ1) is 11.7. The standard InChI is InChI=1S/C12H17NO2/c1-9-5-7-10(8-6-9)13(4)11(14)12(2,3)15/h5-8,15H,1-4H3. The average Bonchev–Trinajstić information content (AvgIpc) is 2.15. The molecule has 1 amide bonds. The number of hydrogen-bond acceptors (Lipinski definition) is 2. The summed E-state index contributed by atoms with van der Waals surface area (Å²) in [4.78, 5) is 13.2. The first-order chi connectivity index (χ1) is 6.82. The van der Waals surface area contributed by atoms with Crippen LogP contribution in [0.15, 0.2) is 24.3 Å². The van der Waals surface area contributed by atoms with Crippen LogP contribution in [0, 0.1) is 6.92 Å². The van der Waals surface area contributed by atoms with E-state index in [-0.39, 0.29) is 5.91 Å². The molecule has 0 aliphatic heterocycles. The fourth-order valence-corrected chi connectivity index (χ4v) is 1.30. The van der Waals surface area contributed by atoms with Crippen molar-refractivity contribution < 1.29 is 9.90 Å². The van der Waals surface area contributed by atoms with E-state index in [2.05, 4.69) is 0 Å². The van der Waals surface area contributed by atoms with Crippen LogP contribution in [0.2, 0.25) is 0 Å². The van der Waals surface area contributed by atoms with Crippen LogP contribution in [0.5, 0.6) is 0 Å². The first-order valence-electron chi connectivity index (χ1n) is 4.89. The summed E-state index contributed by atoms with van der Waals surface area (Å²) in [5.74, 6) is -0.314. The van der Waals surface area contributed by atoms with Crippen molar-refractivity contribution in [2.75, 3.05) is 11.9 Å². The van der Waals surface area contributed by atoms with Crippen LogP contribution in [-0.2, 0) is 4.79 Å². The molecule has 82 valence electrons. The molecule has 1 aromatic carbocycles. The molecule has 0 radical (unpaired) electrons. The highest BCUT2D eigenvalue weighted by Gasteiger charge is 2.27. The van der Waals surface area contributed by atoms with E-state index in [9.17, 15) is 9.90 Å². The molecule has 1 aromatic rings. The molecule has 15 heavy (non-hydrogen) atoms. The zero-order valence-corrected chi connectivity index (χ0v) is 9.61. The molecule has 0 aromatic heterocycles. The lowest BCUT2D eigenvalue weighted by Crippen LogP contribution is -2.43. The Balaban J connectivity index is 2.90. The molecule has 0 spiro atoms. The van der Waals surface area contributed by atoms with Crippen LogP contribution < -0.4 is 4.90 Å². The summed E-state index contributed by atoms with van der Waals surface area (Å²) in [6.45, 7) is 4.96. The van der Waals surface area contributed by atoms with Crippen LogP contribution in [0.25, 0.3) is 0 Å². The van der Waals surface area contributed by atoms with Crippen molar-refractivity contribution in [3.8, 4) is 0 Å². The van der Waals surface area contributed by atoms with Crippen molar-refractivity contribution in [2.45, 2.75) is 26.4 Å². The summed E-state index contributed by atoms with van der Waals surface area (Å²) in [6.07, 6.45) is 0. The summed E-state index contributed by atoms with van der Waals surface area (Å²) in [5, 5.41) is 9.58. The molecule has 0 bridgehead atoms. The Labute approximate surface area is 90.3 Å². The Kier molecular flexibility index (Phi) is 3.15. The first-order valence-corrected chi connectivity index (χ1v) is 4.89. The maximum absolute atomic E-state index is 11.7. The van der Waals surface area contributed by atoms with Crippen molar-refractivity contribution in [1.29, 1.82) is 0 Å². The van der Waals surface area contributed by atoms with E-state index < -0.39 is 5.60 Å². The number of benzene rings is 1. The fraction of sp³-hybridized carbons (Fsp3) is 0.417. The van der Waals surface area contributed by atoms with E-state index in [4.69, 9.17) is 0 Å². The van der Waals surface area contributed by atoms with Gasteiger partial charge >= 0.3 is 0 Å². The second kappa shape index (κ2) is 4.03. The van der Waals surface area contributed by atoms with Gasteiger partial charge in [0.1, 0.15) is 5.60 Å². The number of anilines is 1. The third kappa shape index (κ3) is 2.80. The van der Waals surface area contributed by atoms with Crippen LogP contribution in [0.3, 0.4) is 0 Å². The maximum atomic E-state index is 11.7. The van der Waals surface area contributed by atoms with E-state index >= 15 is 0 Å². The normalized spacial score (nSPS) is 11.3. The number of carbonyl (C=O) groups is 1. The number of rotatable bonds is 2. The Morgan fingerprint density at radius 2 is 1.73 bits per heavy atom. The Bertz CT molecular complexity index is 349. The van der Waals surface area contributed by atoms with Crippen molar-refractivity contribution >= 4 is 11.6 Å². The minimum atomic E-state index is -1.33. The number of nitrogens with zero attached hydrogens (tertiary/aromatic N) is 1. The molecule has 0 aliphatic rings. The van der Waals surface area contributed by atoms with Crippen molar-refractivity contribution in [3.63, 3.8) is 0 Å². The summed E-state index contributed by atoms with van der Waals surface area (Å²) < 4.78 is 0. The minimum absolute atomic E-state index is 0.314. The van der Waals surface area contributed by atoms with E-state index in [0.29, 0.717) is 0 Å². The van der Waals surface area contributed by atoms with Gasteiger partial charge in [-0.1, -0.05) is 17.7 Å². The van der Waals surface area contributed by atoms with Gasteiger partial charge in [0.25, 0.3) is 5.91 Å². The van der Waals surface area contributed by atoms with Crippen LogP contribution in [0.1, 0.15) is 19.4 Å². The summed E-state index contributed by atoms with van der Waals surface area (Å²) >= 11 is 0. The van der Waals surface area contributed by atoms with Gasteiger partial charge in [-0.3, -0.25) is 4.79 Å². The van der Waals surface area contributed by atoms with Crippen molar-refractivity contribution in [3.05, 3.63) is 29.8 Å². The number of carbonyl (C=O) groups excluding carboxylic acids is 1. The molecule has 0 aliphatic carbocycles. The molecule has 0 unspecified atom stereocenters. The topological polar surface area (TPSA) is 40.5 Å². The van der Waals surface area contributed by atoms with Crippen LogP contribution in [-0.4, -0.2) is 23.7 Å². The predicted octanol–water partition coefficient (Wildman–Crippen LogP) is 1.73. The van der Waals surface area contributed by atoms with E-state index in [1.54, 1.807) is 7.05 Å². The lowest BCUT2D eigenvalue weighted by Gasteiger charge is -2.25. The van der Waals surface area contributed by atoms with E-state index in [0.717, 1.165) is 11.3 Å². The highest BCUT2D eigenvalue weighted by molar-refractivity contribution is 5.98. The fourth-order valence-electron chi connectivity index (χ4n) is 1.30. The highest BCUT2D eigenvalue weighted by Crippen LogP contribution is 2.17. The summed E-state index contributed by atoms with van der Waals surface area (Å²) in [5.41, 5.74) is 0.593. The van der Waals surface area contributed by atoms with Gasteiger partial charge < -0.3 is 10.0 Å². The number of likely N-dealkylation sites (N-methyl/N-ethyl adjacent to an activating group) is 1. The average molecular weight is 207 g/mol. The molecular formula is C12H17NO2. The van der Waals surface area contributed by atoms with Crippen molar-refractivity contribution in [1.82, 2.24) is 0 Å². The second-order valence-corrected chi connectivity index (χ2v) is 4.26. The Hall–Kier alpha value is -1.35. The van der Waals surface area contributed by atoms with Crippen molar-refractivity contribution in [2.24, 2.45) is 0 Å². The summed E-state index contributed by atoms with van der Waals surface area (Å²) in [6, 6.07) is 7.59. The molecule has 0 heterocycles.